The second-order valence-electron chi connectivity index (χ2n) is 5.13. The molecule has 20 heavy (non-hydrogen) atoms. The highest BCUT2D eigenvalue weighted by molar-refractivity contribution is 5.69. The standard InChI is InChI=1S/C12H16N2O6/c1-12(2,3)20-10(18)7-14-8(15)4-5-13(11(14)19)6-9(16)17/h4-5H,6-7H2,1-3H3,(H,16,17). The van der Waals surface area contributed by atoms with E-state index in [1.165, 1.54) is 0 Å². The van der Waals surface area contributed by atoms with Gasteiger partial charge in [-0.25, -0.2) is 9.36 Å². The number of nitrogens with zero attached hydrogens (tertiary/aromatic N) is 2. The molecule has 1 aromatic rings. The topological polar surface area (TPSA) is 108 Å². The number of hydrogen-bond donors (Lipinski definition) is 1. The van der Waals surface area contributed by atoms with Gasteiger partial charge in [0.1, 0.15) is 18.7 Å². The molecule has 0 unspecified atom stereocenters. The number of rotatable bonds is 4. The van der Waals surface area contributed by atoms with E-state index in [0.717, 1.165) is 16.8 Å². The zero-order valence-corrected chi connectivity index (χ0v) is 11.5. The van der Waals surface area contributed by atoms with Crippen LogP contribution in [0.1, 0.15) is 20.8 Å². The summed E-state index contributed by atoms with van der Waals surface area (Å²) in [5.74, 6) is -1.97. The molecule has 1 heterocycles. The average Bonchev–Trinajstić information content (AvgIpc) is 2.25. The van der Waals surface area contributed by atoms with Crippen LogP contribution in [0.3, 0.4) is 0 Å². The Morgan fingerprint density at radius 1 is 1.25 bits per heavy atom. The summed E-state index contributed by atoms with van der Waals surface area (Å²) in [5.41, 5.74) is -2.30. The van der Waals surface area contributed by atoms with Crippen molar-refractivity contribution < 1.29 is 19.4 Å². The van der Waals surface area contributed by atoms with E-state index in [4.69, 9.17) is 9.84 Å². The Kier molecular flexibility index (Phi) is 4.49. The molecular weight excluding hydrogens is 268 g/mol. The van der Waals surface area contributed by atoms with Crippen molar-refractivity contribution in [2.45, 2.75) is 39.5 Å². The van der Waals surface area contributed by atoms with Gasteiger partial charge in [-0.1, -0.05) is 0 Å². The van der Waals surface area contributed by atoms with Crippen LogP contribution in [0, 0.1) is 0 Å². The lowest BCUT2D eigenvalue weighted by atomic mass is 10.2. The van der Waals surface area contributed by atoms with Gasteiger partial charge >= 0.3 is 17.6 Å². The molecule has 0 spiro atoms. The summed E-state index contributed by atoms with van der Waals surface area (Å²) in [6, 6.07) is 1.02. The molecule has 110 valence electrons. The molecule has 1 rings (SSSR count). The van der Waals surface area contributed by atoms with Crippen LogP contribution in [-0.4, -0.2) is 31.8 Å². The Balaban J connectivity index is 3.06. The number of carbonyl (C=O) groups is 2. The second-order valence-corrected chi connectivity index (χ2v) is 5.13. The highest BCUT2D eigenvalue weighted by Gasteiger charge is 2.18. The Bertz CT molecular complexity index is 635. The number of carbonyl (C=O) groups excluding carboxylic acids is 1. The normalized spacial score (nSPS) is 11.2. The third kappa shape index (κ3) is 4.38. The monoisotopic (exact) mass is 284 g/mol. The third-order valence-corrected chi connectivity index (χ3v) is 2.15. The number of carboxylic acid groups (broad SMARTS) is 1. The van der Waals surface area contributed by atoms with E-state index in [-0.39, 0.29) is 0 Å². The molecule has 0 amide bonds. The number of ether oxygens (including phenoxy) is 1. The first-order valence-corrected chi connectivity index (χ1v) is 5.84. The molecule has 0 aliphatic heterocycles. The Labute approximate surface area is 114 Å². The van der Waals surface area contributed by atoms with Gasteiger partial charge in [-0.2, -0.15) is 0 Å². The minimum absolute atomic E-state index is 0.560. The summed E-state index contributed by atoms with van der Waals surface area (Å²) in [6.45, 7) is 3.81. The number of aliphatic carboxylic acids is 1. The van der Waals surface area contributed by atoms with Crippen molar-refractivity contribution in [3.05, 3.63) is 33.1 Å². The van der Waals surface area contributed by atoms with Gasteiger partial charge in [0.2, 0.25) is 0 Å². The zero-order valence-electron chi connectivity index (χ0n) is 11.5. The number of aromatic nitrogens is 2. The minimum atomic E-state index is -1.23. The molecule has 0 aromatic carbocycles. The van der Waals surface area contributed by atoms with Gasteiger partial charge in [0.15, 0.2) is 0 Å². The van der Waals surface area contributed by atoms with Gasteiger partial charge < -0.3 is 9.84 Å². The number of esters is 1. The van der Waals surface area contributed by atoms with Gasteiger partial charge in [-0.15, -0.1) is 0 Å². The first-order chi connectivity index (χ1) is 9.10. The smallest absolute Gasteiger partial charge is 0.332 e. The minimum Gasteiger partial charge on any atom is -0.480 e. The number of carboxylic acids is 1. The maximum atomic E-state index is 11.9. The van der Waals surface area contributed by atoms with Crippen molar-refractivity contribution in [1.29, 1.82) is 0 Å². The molecule has 0 radical (unpaired) electrons. The van der Waals surface area contributed by atoms with Crippen LogP contribution >= 0.6 is 0 Å². The third-order valence-electron chi connectivity index (χ3n) is 2.15. The van der Waals surface area contributed by atoms with Gasteiger partial charge in [-0.05, 0) is 20.8 Å². The molecule has 0 saturated heterocycles. The molecule has 0 aliphatic carbocycles. The van der Waals surface area contributed by atoms with Crippen molar-refractivity contribution in [2.75, 3.05) is 0 Å². The van der Waals surface area contributed by atoms with Gasteiger partial charge in [0, 0.05) is 12.3 Å². The molecule has 0 fully saturated rings. The molecule has 8 heteroatoms. The fraction of sp³-hybridized carbons (Fsp3) is 0.500. The summed E-state index contributed by atoms with van der Waals surface area (Å²) in [4.78, 5) is 45.7. The van der Waals surface area contributed by atoms with Crippen molar-refractivity contribution in [3.8, 4) is 0 Å². The van der Waals surface area contributed by atoms with Gasteiger partial charge in [0.05, 0.1) is 0 Å². The predicted molar refractivity (Wildman–Crippen MR) is 68.4 cm³/mol. The lowest BCUT2D eigenvalue weighted by molar-refractivity contribution is -0.155. The average molecular weight is 284 g/mol. The fourth-order valence-electron chi connectivity index (χ4n) is 1.47. The molecule has 1 N–H and O–H groups in total. The van der Waals surface area contributed by atoms with Gasteiger partial charge in [-0.3, -0.25) is 19.0 Å². The van der Waals surface area contributed by atoms with E-state index in [1.54, 1.807) is 20.8 Å². The molecule has 0 aliphatic rings. The molecular formula is C12H16N2O6. The van der Waals surface area contributed by atoms with Gasteiger partial charge in [0.25, 0.3) is 5.56 Å². The fourth-order valence-corrected chi connectivity index (χ4v) is 1.47. The Hall–Kier alpha value is -2.38. The zero-order chi connectivity index (χ0) is 15.5. The van der Waals surface area contributed by atoms with Crippen molar-refractivity contribution in [2.24, 2.45) is 0 Å². The Morgan fingerprint density at radius 2 is 1.85 bits per heavy atom. The maximum absolute atomic E-state index is 11.9. The summed E-state index contributed by atoms with van der Waals surface area (Å²) < 4.78 is 6.47. The first kappa shape index (κ1) is 15.7. The van der Waals surface area contributed by atoms with Crippen molar-refractivity contribution >= 4 is 11.9 Å². The van der Waals surface area contributed by atoms with E-state index in [9.17, 15) is 19.2 Å². The maximum Gasteiger partial charge on any atom is 0.332 e. The summed E-state index contributed by atoms with van der Waals surface area (Å²) in [5, 5.41) is 8.65. The predicted octanol–water partition coefficient (Wildman–Crippen LogP) is -0.564. The SMILES string of the molecule is CC(C)(C)OC(=O)Cn1c(=O)ccn(CC(=O)O)c1=O. The van der Waals surface area contributed by atoms with E-state index in [0.29, 0.717) is 4.57 Å². The van der Waals surface area contributed by atoms with E-state index in [1.807, 2.05) is 0 Å². The van der Waals surface area contributed by atoms with Crippen LogP contribution in [0.15, 0.2) is 21.9 Å². The first-order valence-electron chi connectivity index (χ1n) is 5.84. The largest absolute Gasteiger partial charge is 0.480 e. The molecule has 0 bridgehead atoms. The lowest BCUT2D eigenvalue weighted by Crippen LogP contribution is -2.42. The summed E-state index contributed by atoms with van der Waals surface area (Å²) >= 11 is 0. The second kappa shape index (κ2) is 5.72. The number of hydrogen-bond acceptors (Lipinski definition) is 5. The summed E-state index contributed by atoms with van der Waals surface area (Å²) in [6.07, 6.45) is 1.07. The van der Waals surface area contributed by atoms with Crippen molar-refractivity contribution in [1.82, 2.24) is 9.13 Å². The highest BCUT2D eigenvalue weighted by Crippen LogP contribution is 2.06. The Morgan fingerprint density at radius 3 is 2.35 bits per heavy atom. The van der Waals surface area contributed by atoms with Crippen LogP contribution in [0.25, 0.3) is 0 Å². The van der Waals surface area contributed by atoms with E-state index >= 15 is 0 Å². The summed E-state index contributed by atoms with van der Waals surface area (Å²) in [7, 11) is 0. The van der Waals surface area contributed by atoms with Crippen LogP contribution < -0.4 is 11.2 Å². The van der Waals surface area contributed by atoms with E-state index in [2.05, 4.69) is 0 Å². The quantitative estimate of drug-likeness (QED) is 0.742. The molecule has 8 nitrogen and oxygen atoms in total. The molecule has 1 aromatic heterocycles. The van der Waals surface area contributed by atoms with Crippen LogP contribution in [0.2, 0.25) is 0 Å². The van der Waals surface area contributed by atoms with Crippen LogP contribution in [0.5, 0.6) is 0 Å². The van der Waals surface area contributed by atoms with E-state index < -0.39 is 41.9 Å². The molecule has 0 saturated carbocycles. The van der Waals surface area contributed by atoms with Crippen LogP contribution in [0.4, 0.5) is 0 Å². The highest BCUT2D eigenvalue weighted by atomic mass is 16.6. The van der Waals surface area contributed by atoms with Crippen LogP contribution in [-0.2, 0) is 27.4 Å². The lowest BCUT2D eigenvalue weighted by Gasteiger charge is -2.19. The molecule has 0 atom stereocenters. The van der Waals surface area contributed by atoms with Crippen molar-refractivity contribution in [3.63, 3.8) is 0 Å².